The largest absolute Gasteiger partial charge is 0.480 e. The highest BCUT2D eigenvalue weighted by molar-refractivity contribution is 5.75. The number of benzene rings is 1. The Kier molecular flexibility index (Phi) is 5.47. The molecule has 3 N–H and O–H groups in total. The van der Waals surface area contributed by atoms with E-state index in [-0.39, 0.29) is 6.54 Å². The summed E-state index contributed by atoms with van der Waals surface area (Å²) in [6, 6.07) is 8.13. The third kappa shape index (κ3) is 5.38. The zero-order valence-electron chi connectivity index (χ0n) is 11.6. The maximum absolute atomic E-state index is 11.3. The van der Waals surface area contributed by atoms with Crippen LogP contribution in [0.15, 0.2) is 30.3 Å². The number of hydrogen-bond donors (Lipinski definition) is 3. The molecule has 106 valence electrons. The fourth-order valence-corrected chi connectivity index (χ4v) is 2.05. The molecule has 1 aromatic rings. The van der Waals surface area contributed by atoms with Crippen LogP contribution in [0.4, 0.5) is 0 Å². The van der Waals surface area contributed by atoms with Crippen molar-refractivity contribution in [3.8, 4) is 0 Å². The Morgan fingerprint density at radius 1 is 1.37 bits per heavy atom. The maximum atomic E-state index is 11.3. The van der Waals surface area contributed by atoms with Gasteiger partial charge in [-0.15, -0.1) is 0 Å². The average Bonchev–Trinajstić information content (AvgIpc) is 2.28. The van der Waals surface area contributed by atoms with E-state index in [0.29, 0.717) is 12.1 Å². The Hall–Kier alpha value is -1.43. The quantitative estimate of drug-likeness (QED) is 0.678. The minimum absolute atomic E-state index is 0.205. The van der Waals surface area contributed by atoms with Crippen molar-refractivity contribution in [2.24, 2.45) is 0 Å². The normalized spacial score (nSPS) is 16.1. The van der Waals surface area contributed by atoms with E-state index in [2.05, 4.69) is 5.32 Å². The Morgan fingerprint density at radius 3 is 2.42 bits per heavy atom. The molecule has 0 saturated carbocycles. The predicted molar refractivity (Wildman–Crippen MR) is 74.0 cm³/mol. The first-order valence-electron chi connectivity index (χ1n) is 6.20. The molecule has 0 saturated heterocycles. The van der Waals surface area contributed by atoms with E-state index in [1.54, 1.807) is 31.2 Å². The van der Waals surface area contributed by atoms with Gasteiger partial charge in [-0.25, -0.2) is 0 Å². The molecule has 0 aliphatic carbocycles. The van der Waals surface area contributed by atoms with Crippen LogP contribution in [0.25, 0.3) is 0 Å². The monoisotopic (exact) mass is 266 g/mol. The van der Waals surface area contributed by atoms with Crippen molar-refractivity contribution in [3.05, 3.63) is 35.9 Å². The smallest absolute Gasteiger partial charge is 0.325 e. The highest BCUT2D eigenvalue weighted by Gasteiger charge is 2.26. The van der Waals surface area contributed by atoms with Crippen molar-refractivity contribution < 1.29 is 15.0 Å². The number of nitrogens with one attached hydrogen (secondary N) is 1. The van der Waals surface area contributed by atoms with E-state index in [1.165, 1.54) is 0 Å². The first-order valence-corrected chi connectivity index (χ1v) is 6.20. The second-order valence-corrected chi connectivity index (χ2v) is 5.30. The van der Waals surface area contributed by atoms with E-state index < -0.39 is 17.6 Å². The molecule has 5 heteroatoms. The summed E-state index contributed by atoms with van der Waals surface area (Å²) in [7, 11) is 3.72. The van der Waals surface area contributed by atoms with Crippen LogP contribution in [-0.4, -0.2) is 53.9 Å². The van der Waals surface area contributed by atoms with Gasteiger partial charge in [-0.2, -0.15) is 0 Å². The Balaban J connectivity index is 2.69. The van der Waals surface area contributed by atoms with Gasteiger partial charge >= 0.3 is 5.97 Å². The summed E-state index contributed by atoms with van der Waals surface area (Å²) < 4.78 is 0. The van der Waals surface area contributed by atoms with Crippen molar-refractivity contribution in [2.45, 2.75) is 18.6 Å². The number of likely N-dealkylation sites (N-methyl/N-ethyl adjacent to an activating group) is 1. The lowest BCUT2D eigenvalue weighted by molar-refractivity contribution is -0.139. The van der Waals surface area contributed by atoms with Gasteiger partial charge in [-0.05, 0) is 26.6 Å². The van der Waals surface area contributed by atoms with E-state index in [1.807, 2.05) is 25.1 Å². The molecular weight excluding hydrogens is 244 g/mol. The van der Waals surface area contributed by atoms with Crippen LogP contribution in [0.3, 0.4) is 0 Å². The van der Waals surface area contributed by atoms with Gasteiger partial charge in [0.1, 0.15) is 6.04 Å². The molecule has 2 unspecified atom stereocenters. The molecule has 0 heterocycles. The molecule has 0 aliphatic rings. The van der Waals surface area contributed by atoms with Gasteiger partial charge in [0, 0.05) is 13.1 Å². The van der Waals surface area contributed by atoms with E-state index in [4.69, 9.17) is 0 Å². The fraction of sp³-hybridized carbons (Fsp3) is 0.500. The molecule has 1 rings (SSSR count). The number of aliphatic carboxylic acids is 1. The second kappa shape index (κ2) is 6.65. The van der Waals surface area contributed by atoms with Gasteiger partial charge < -0.3 is 15.1 Å². The lowest BCUT2D eigenvalue weighted by Gasteiger charge is -2.28. The Labute approximate surface area is 113 Å². The highest BCUT2D eigenvalue weighted by Crippen LogP contribution is 2.14. The zero-order chi connectivity index (χ0) is 14.5. The predicted octanol–water partition coefficient (Wildman–Crippen LogP) is 0.715. The summed E-state index contributed by atoms with van der Waals surface area (Å²) in [4.78, 5) is 13.1. The Morgan fingerprint density at radius 2 is 1.95 bits per heavy atom. The lowest BCUT2D eigenvalue weighted by Crippen LogP contribution is -2.47. The number of carboxylic acids is 1. The molecule has 0 radical (unpaired) electrons. The highest BCUT2D eigenvalue weighted by atomic mass is 16.4. The number of hydrogen-bond acceptors (Lipinski definition) is 4. The van der Waals surface area contributed by atoms with Crippen molar-refractivity contribution in [1.29, 1.82) is 0 Å². The van der Waals surface area contributed by atoms with Gasteiger partial charge in [-0.1, -0.05) is 30.3 Å². The topological polar surface area (TPSA) is 72.8 Å². The van der Waals surface area contributed by atoms with Crippen molar-refractivity contribution >= 4 is 5.97 Å². The van der Waals surface area contributed by atoms with Crippen molar-refractivity contribution in [3.63, 3.8) is 0 Å². The van der Waals surface area contributed by atoms with Crippen LogP contribution < -0.4 is 5.32 Å². The maximum Gasteiger partial charge on any atom is 0.325 e. The first kappa shape index (κ1) is 15.6. The van der Waals surface area contributed by atoms with Gasteiger partial charge in [0.2, 0.25) is 0 Å². The first-order chi connectivity index (χ1) is 8.82. The second-order valence-electron chi connectivity index (χ2n) is 5.30. The summed E-state index contributed by atoms with van der Waals surface area (Å²) in [6.07, 6.45) is 0. The summed E-state index contributed by atoms with van der Waals surface area (Å²) in [5.41, 5.74) is -0.304. The van der Waals surface area contributed by atoms with Crippen LogP contribution in [0.1, 0.15) is 18.5 Å². The van der Waals surface area contributed by atoms with Gasteiger partial charge in [-0.3, -0.25) is 10.1 Å². The standard InChI is InChI=1S/C14H22N2O3/c1-14(19,10-16(2)3)9-15-12(13(17)18)11-7-5-4-6-8-11/h4-8,12,15,19H,9-10H2,1-3H3,(H,17,18). The summed E-state index contributed by atoms with van der Waals surface area (Å²) in [5, 5.41) is 22.3. The summed E-state index contributed by atoms with van der Waals surface area (Å²) >= 11 is 0. The van der Waals surface area contributed by atoms with Crippen LogP contribution in [0, 0.1) is 0 Å². The van der Waals surface area contributed by atoms with Gasteiger partial charge in [0.05, 0.1) is 5.60 Å². The van der Waals surface area contributed by atoms with Crippen LogP contribution in [0.2, 0.25) is 0 Å². The van der Waals surface area contributed by atoms with Crippen LogP contribution >= 0.6 is 0 Å². The molecule has 19 heavy (non-hydrogen) atoms. The van der Waals surface area contributed by atoms with E-state index in [9.17, 15) is 15.0 Å². The van der Waals surface area contributed by atoms with Crippen molar-refractivity contribution in [1.82, 2.24) is 10.2 Å². The van der Waals surface area contributed by atoms with Crippen LogP contribution in [0.5, 0.6) is 0 Å². The number of aliphatic hydroxyl groups is 1. The molecule has 0 aliphatic heterocycles. The molecule has 2 atom stereocenters. The van der Waals surface area contributed by atoms with Gasteiger partial charge in [0.25, 0.3) is 0 Å². The third-order valence-electron chi connectivity index (χ3n) is 2.72. The molecule has 0 amide bonds. The van der Waals surface area contributed by atoms with E-state index in [0.717, 1.165) is 0 Å². The summed E-state index contributed by atoms with van der Waals surface area (Å²) in [6.45, 7) is 2.35. The number of carboxylic acid groups (broad SMARTS) is 1. The molecule has 0 bridgehead atoms. The molecule has 5 nitrogen and oxygen atoms in total. The molecule has 0 aromatic heterocycles. The molecular formula is C14H22N2O3. The third-order valence-corrected chi connectivity index (χ3v) is 2.72. The average molecular weight is 266 g/mol. The molecule has 0 spiro atoms. The fourth-order valence-electron chi connectivity index (χ4n) is 2.05. The number of rotatable bonds is 7. The Bertz CT molecular complexity index is 404. The lowest BCUT2D eigenvalue weighted by atomic mass is 10.0. The van der Waals surface area contributed by atoms with Crippen molar-refractivity contribution in [2.75, 3.05) is 27.2 Å². The summed E-state index contributed by atoms with van der Waals surface area (Å²) in [5.74, 6) is -0.952. The molecule has 0 fully saturated rings. The molecule has 1 aromatic carbocycles. The SMILES string of the molecule is CN(C)CC(C)(O)CNC(C(=O)O)c1ccccc1. The van der Waals surface area contributed by atoms with Gasteiger partial charge in [0.15, 0.2) is 0 Å². The number of nitrogens with zero attached hydrogens (tertiary/aromatic N) is 1. The van der Waals surface area contributed by atoms with E-state index >= 15 is 0 Å². The zero-order valence-corrected chi connectivity index (χ0v) is 11.6. The number of carbonyl (C=O) groups is 1. The minimum Gasteiger partial charge on any atom is -0.480 e. The minimum atomic E-state index is -0.980. The van der Waals surface area contributed by atoms with Crippen LogP contribution in [-0.2, 0) is 4.79 Å².